The summed E-state index contributed by atoms with van der Waals surface area (Å²) in [7, 11) is 0. The first kappa shape index (κ1) is 12.6. The normalized spacial score (nSPS) is 10.9. The monoisotopic (exact) mass is 264 g/mol. The molecule has 0 spiro atoms. The standard InChI is InChI=1S/C17H16N2O/c1-11(2)7-8-12-9-10-15(20)17-16(12)18-13-5-3-4-6-14(13)19-17/h3-7,9-10,20H,8H2,1-2H3. The van der Waals surface area contributed by atoms with Gasteiger partial charge in [-0.1, -0.05) is 29.8 Å². The molecule has 2 aromatic carbocycles. The van der Waals surface area contributed by atoms with E-state index in [4.69, 9.17) is 0 Å². The minimum absolute atomic E-state index is 0.180. The molecule has 3 nitrogen and oxygen atoms in total. The molecule has 0 saturated heterocycles. The summed E-state index contributed by atoms with van der Waals surface area (Å²) in [6.45, 7) is 4.15. The highest BCUT2D eigenvalue weighted by molar-refractivity contribution is 5.91. The first-order valence-electron chi connectivity index (χ1n) is 6.66. The number of hydrogen-bond acceptors (Lipinski definition) is 3. The number of phenolic OH excluding ortho intramolecular Hbond substituents is 1. The largest absolute Gasteiger partial charge is 0.506 e. The summed E-state index contributed by atoms with van der Waals surface area (Å²) in [5.41, 5.74) is 5.35. The van der Waals surface area contributed by atoms with Crippen LogP contribution in [0.4, 0.5) is 0 Å². The van der Waals surface area contributed by atoms with Crippen LogP contribution in [0.1, 0.15) is 19.4 Å². The Kier molecular flexibility index (Phi) is 3.11. The lowest BCUT2D eigenvalue weighted by Crippen LogP contribution is -1.93. The minimum atomic E-state index is 0.180. The molecule has 0 atom stereocenters. The number of hydrogen-bond donors (Lipinski definition) is 1. The molecule has 0 fully saturated rings. The van der Waals surface area contributed by atoms with Crippen molar-refractivity contribution in [2.75, 3.05) is 0 Å². The molecule has 3 aromatic rings. The van der Waals surface area contributed by atoms with Crippen molar-refractivity contribution in [1.29, 1.82) is 0 Å². The van der Waals surface area contributed by atoms with E-state index in [-0.39, 0.29) is 5.75 Å². The van der Waals surface area contributed by atoms with Crippen LogP contribution in [0.25, 0.3) is 22.1 Å². The molecule has 3 heteroatoms. The zero-order valence-corrected chi connectivity index (χ0v) is 11.6. The third-order valence-electron chi connectivity index (χ3n) is 3.29. The Hall–Kier alpha value is -2.42. The van der Waals surface area contributed by atoms with E-state index in [1.807, 2.05) is 30.3 Å². The van der Waals surface area contributed by atoms with E-state index < -0.39 is 0 Å². The van der Waals surface area contributed by atoms with Crippen LogP contribution in [0.15, 0.2) is 48.0 Å². The molecule has 0 aliphatic heterocycles. The molecule has 0 saturated carbocycles. The number of allylic oxidation sites excluding steroid dienone is 2. The van der Waals surface area contributed by atoms with E-state index in [9.17, 15) is 5.11 Å². The highest BCUT2D eigenvalue weighted by atomic mass is 16.3. The molecule has 20 heavy (non-hydrogen) atoms. The number of rotatable bonds is 2. The fourth-order valence-corrected chi connectivity index (χ4v) is 2.22. The molecular formula is C17H16N2O. The molecule has 100 valence electrons. The fourth-order valence-electron chi connectivity index (χ4n) is 2.22. The van der Waals surface area contributed by atoms with Gasteiger partial charge in [0.25, 0.3) is 0 Å². The summed E-state index contributed by atoms with van der Waals surface area (Å²) in [5, 5.41) is 10.0. The second-order valence-electron chi connectivity index (χ2n) is 5.14. The third-order valence-corrected chi connectivity index (χ3v) is 3.29. The van der Waals surface area contributed by atoms with Gasteiger partial charge in [0, 0.05) is 0 Å². The van der Waals surface area contributed by atoms with Crippen LogP contribution in [0.3, 0.4) is 0 Å². The molecule has 0 aliphatic rings. The van der Waals surface area contributed by atoms with Gasteiger partial charge >= 0.3 is 0 Å². The molecule has 3 rings (SSSR count). The summed E-state index contributed by atoms with van der Waals surface area (Å²) in [4.78, 5) is 9.20. The van der Waals surface area contributed by atoms with E-state index >= 15 is 0 Å². The molecule has 0 radical (unpaired) electrons. The van der Waals surface area contributed by atoms with Gasteiger partial charge in [0.2, 0.25) is 0 Å². The number of nitrogens with zero attached hydrogens (tertiary/aromatic N) is 2. The molecule has 0 amide bonds. The van der Waals surface area contributed by atoms with Crippen LogP contribution >= 0.6 is 0 Å². The molecule has 0 bridgehead atoms. The number of benzene rings is 2. The van der Waals surface area contributed by atoms with E-state index in [2.05, 4.69) is 29.9 Å². The van der Waals surface area contributed by atoms with Gasteiger partial charge < -0.3 is 5.11 Å². The van der Waals surface area contributed by atoms with E-state index in [1.54, 1.807) is 6.07 Å². The van der Waals surface area contributed by atoms with Crippen molar-refractivity contribution in [1.82, 2.24) is 9.97 Å². The lowest BCUT2D eigenvalue weighted by molar-refractivity contribution is 0.480. The SMILES string of the molecule is CC(C)=CCc1ccc(O)c2nc3ccccc3nc12. The van der Waals surface area contributed by atoms with Gasteiger partial charge in [-0.25, -0.2) is 9.97 Å². The highest BCUT2D eigenvalue weighted by Crippen LogP contribution is 2.27. The number of fused-ring (bicyclic) bond motifs is 2. The van der Waals surface area contributed by atoms with Crippen molar-refractivity contribution in [3.8, 4) is 5.75 Å². The lowest BCUT2D eigenvalue weighted by atomic mass is 10.1. The zero-order chi connectivity index (χ0) is 14.1. The van der Waals surface area contributed by atoms with E-state index in [0.29, 0.717) is 5.52 Å². The average Bonchev–Trinajstić information content (AvgIpc) is 2.45. The average molecular weight is 264 g/mol. The summed E-state index contributed by atoms with van der Waals surface area (Å²) < 4.78 is 0. The Morgan fingerprint density at radius 1 is 1.00 bits per heavy atom. The molecular weight excluding hydrogens is 248 g/mol. The van der Waals surface area contributed by atoms with Crippen molar-refractivity contribution < 1.29 is 5.11 Å². The molecule has 1 aromatic heterocycles. The fraction of sp³-hybridized carbons (Fsp3) is 0.176. The zero-order valence-electron chi connectivity index (χ0n) is 11.6. The lowest BCUT2D eigenvalue weighted by Gasteiger charge is -2.07. The first-order valence-corrected chi connectivity index (χ1v) is 6.66. The van der Waals surface area contributed by atoms with E-state index in [1.165, 1.54) is 5.57 Å². The smallest absolute Gasteiger partial charge is 0.143 e. The Labute approximate surface area is 117 Å². The van der Waals surface area contributed by atoms with Gasteiger partial charge in [-0.05, 0) is 44.0 Å². The third kappa shape index (κ3) is 2.23. The highest BCUT2D eigenvalue weighted by Gasteiger charge is 2.09. The van der Waals surface area contributed by atoms with Crippen LogP contribution in [-0.2, 0) is 6.42 Å². The van der Waals surface area contributed by atoms with Gasteiger partial charge in [0.1, 0.15) is 11.3 Å². The number of para-hydroxylation sites is 2. The summed E-state index contributed by atoms with van der Waals surface area (Å²) in [5.74, 6) is 0.180. The second-order valence-corrected chi connectivity index (χ2v) is 5.14. The maximum atomic E-state index is 10.0. The Balaban J connectivity index is 2.29. The van der Waals surface area contributed by atoms with Gasteiger partial charge in [0.05, 0.1) is 16.6 Å². The van der Waals surface area contributed by atoms with Gasteiger partial charge in [0.15, 0.2) is 0 Å². The van der Waals surface area contributed by atoms with Crippen LogP contribution in [0.2, 0.25) is 0 Å². The van der Waals surface area contributed by atoms with Gasteiger partial charge in [-0.3, -0.25) is 0 Å². The first-order chi connectivity index (χ1) is 9.65. The van der Waals surface area contributed by atoms with Gasteiger partial charge in [-0.15, -0.1) is 0 Å². The maximum absolute atomic E-state index is 10.0. The molecule has 1 heterocycles. The quantitative estimate of drug-likeness (QED) is 0.562. The topological polar surface area (TPSA) is 46.0 Å². The summed E-state index contributed by atoms with van der Waals surface area (Å²) in [6, 6.07) is 11.3. The summed E-state index contributed by atoms with van der Waals surface area (Å²) in [6.07, 6.45) is 2.95. The molecule has 0 unspecified atom stereocenters. The Morgan fingerprint density at radius 3 is 2.30 bits per heavy atom. The van der Waals surface area contributed by atoms with Crippen molar-refractivity contribution >= 4 is 22.1 Å². The summed E-state index contributed by atoms with van der Waals surface area (Å²) >= 11 is 0. The number of aromatic nitrogens is 2. The van der Waals surface area contributed by atoms with E-state index in [0.717, 1.165) is 28.5 Å². The van der Waals surface area contributed by atoms with Gasteiger partial charge in [-0.2, -0.15) is 0 Å². The second kappa shape index (κ2) is 4.93. The Bertz CT molecular complexity index is 818. The van der Waals surface area contributed by atoms with Crippen LogP contribution in [0.5, 0.6) is 5.75 Å². The van der Waals surface area contributed by atoms with Crippen LogP contribution < -0.4 is 0 Å². The van der Waals surface area contributed by atoms with Crippen molar-refractivity contribution in [3.05, 3.63) is 53.6 Å². The van der Waals surface area contributed by atoms with Crippen molar-refractivity contribution in [3.63, 3.8) is 0 Å². The predicted molar refractivity (Wildman–Crippen MR) is 81.8 cm³/mol. The predicted octanol–water partition coefficient (Wildman–Crippen LogP) is 4.00. The van der Waals surface area contributed by atoms with Crippen molar-refractivity contribution in [2.45, 2.75) is 20.3 Å². The maximum Gasteiger partial charge on any atom is 0.143 e. The number of aromatic hydroxyl groups is 1. The molecule has 1 N–H and O–H groups in total. The number of phenols is 1. The van der Waals surface area contributed by atoms with Crippen LogP contribution in [-0.4, -0.2) is 15.1 Å². The van der Waals surface area contributed by atoms with Crippen LogP contribution in [0, 0.1) is 0 Å². The Morgan fingerprint density at radius 2 is 1.65 bits per heavy atom. The minimum Gasteiger partial charge on any atom is -0.506 e. The molecule has 0 aliphatic carbocycles. The van der Waals surface area contributed by atoms with Crippen molar-refractivity contribution in [2.24, 2.45) is 0 Å².